The van der Waals surface area contributed by atoms with Crippen LogP contribution in [0.2, 0.25) is 0 Å². The zero-order valence-electron chi connectivity index (χ0n) is 17.1. The lowest BCUT2D eigenvalue weighted by molar-refractivity contribution is 0.0955. The molecule has 2 N–H and O–H groups in total. The number of ether oxygens (including phenoxy) is 1. The molecule has 3 aromatic rings. The maximum absolute atomic E-state index is 13.0. The Morgan fingerprint density at radius 1 is 1.03 bits per heavy atom. The Kier molecular flexibility index (Phi) is 6.56. The summed E-state index contributed by atoms with van der Waals surface area (Å²) in [6.07, 6.45) is 4.18. The van der Waals surface area contributed by atoms with Gasteiger partial charge in [-0.05, 0) is 55.3 Å². The summed E-state index contributed by atoms with van der Waals surface area (Å²) in [7, 11) is 0. The molecule has 8 heteroatoms. The van der Waals surface area contributed by atoms with Crippen LogP contribution in [-0.4, -0.2) is 42.3 Å². The number of rotatable bonds is 8. The van der Waals surface area contributed by atoms with Gasteiger partial charge in [-0.1, -0.05) is 6.07 Å². The summed E-state index contributed by atoms with van der Waals surface area (Å²) in [5.41, 5.74) is 1.55. The minimum atomic E-state index is -0.331. The molecule has 1 fully saturated rings. The molecule has 1 aliphatic heterocycles. The third-order valence-electron chi connectivity index (χ3n) is 4.97. The highest BCUT2D eigenvalue weighted by molar-refractivity contribution is 5.94. The van der Waals surface area contributed by atoms with Crippen LogP contribution in [0.4, 0.5) is 15.9 Å². The summed E-state index contributed by atoms with van der Waals surface area (Å²) in [5.74, 6) is 1.16. The van der Waals surface area contributed by atoms with Crippen molar-refractivity contribution < 1.29 is 13.9 Å². The normalized spacial score (nSPS) is 13.1. The quantitative estimate of drug-likeness (QED) is 0.538. The Balaban J connectivity index is 1.26. The first-order valence-electron chi connectivity index (χ1n) is 10.3. The largest absolute Gasteiger partial charge is 0.457 e. The van der Waals surface area contributed by atoms with Crippen LogP contribution >= 0.6 is 0 Å². The molecule has 4 rings (SSSR count). The van der Waals surface area contributed by atoms with E-state index in [9.17, 15) is 9.18 Å². The predicted molar refractivity (Wildman–Crippen MR) is 117 cm³/mol. The molecule has 2 aromatic carbocycles. The lowest BCUT2D eigenvalue weighted by Crippen LogP contribution is -2.29. The Bertz CT molecular complexity index is 1020. The number of halogens is 1. The Morgan fingerprint density at radius 2 is 1.84 bits per heavy atom. The number of amides is 1. The Labute approximate surface area is 180 Å². The molecule has 0 radical (unpaired) electrons. The molecule has 160 valence electrons. The van der Waals surface area contributed by atoms with Crippen molar-refractivity contribution in [2.45, 2.75) is 12.8 Å². The third kappa shape index (κ3) is 5.69. The predicted octanol–water partition coefficient (Wildman–Crippen LogP) is 3.85. The first-order chi connectivity index (χ1) is 15.2. The molecule has 0 unspecified atom stereocenters. The van der Waals surface area contributed by atoms with Gasteiger partial charge in [0.05, 0.1) is 11.9 Å². The summed E-state index contributed by atoms with van der Waals surface area (Å²) in [5, 5.41) is 14.2. The van der Waals surface area contributed by atoms with Gasteiger partial charge in [0.1, 0.15) is 17.3 Å². The van der Waals surface area contributed by atoms with Crippen molar-refractivity contribution in [2.24, 2.45) is 0 Å². The fourth-order valence-electron chi connectivity index (χ4n) is 3.40. The molecule has 1 aliphatic rings. The van der Waals surface area contributed by atoms with Crippen LogP contribution in [0.15, 0.2) is 60.8 Å². The number of benzene rings is 2. The second kappa shape index (κ2) is 9.88. The van der Waals surface area contributed by atoms with Crippen LogP contribution in [0, 0.1) is 5.82 Å². The topological polar surface area (TPSA) is 79.4 Å². The summed E-state index contributed by atoms with van der Waals surface area (Å²) in [6, 6.07) is 14.6. The molecule has 0 bridgehead atoms. The van der Waals surface area contributed by atoms with E-state index in [1.807, 2.05) is 6.07 Å². The van der Waals surface area contributed by atoms with Gasteiger partial charge in [-0.25, -0.2) is 4.39 Å². The number of aromatic nitrogens is 2. The van der Waals surface area contributed by atoms with Crippen molar-refractivity contribution in [1.29, 1.82) is 0 Å². The highest BCUT2D eigenvalue weighted by Crippen LogP contribution is 2.23. The number of carbonyl (C=O) groups is 1. The molecule has 7 nitrogen and oxygen atoms in total. The molecule has 1 aromatic heterocycles. The van der Waals surface area contributed by atoms with Gasteiger partial charge >= 0.3 is 0 Å². The molecule has 0 aliphatic carbocycles. The number of anilines is 2. The van der Waals surface area contributed by atoms with E-state index in [0.717, 1.165) is 18.8 Å². The van der Waals surface area contributed by atoms with Crippen molar-refractivity contribution in [3.8, 4) is 11.5 Å². The number of nitrogens with zero attached hydrogens (tertiary/aromatic N) is 3. The number of hydrogen-bond acceptors (Lipinski definition) is 6. The highest BCUT2D eigenvalue weighted by Gasteiger charge is 2.13. The molecule has 1 saturated heterocycles. The van der Waals surface area contributed by atoms with Gasteiger partial charge in [0, 0.05) is 37.8 Å². The van der Waals surface area contributed by atoms with Crippen LogP contribution in [0.3, 0.4) is 0 Å². The van der Waals surface area contributed by atoms with Crippen molar-refractivity contribution >= 4 is 17.4 Å². The Morgan fingerprint density at radius 3 is 2.65 bits per heavy atom. The standard InChI is InChI=1S/C23H24FN5O2/c24-18-6-8-20(9-7-18)31-21-5-3-4-17(14-21)23(30)26-11-10-25-22-15-19(16-27-28-22)29-12-1-2-13-29/h3-9,14-16H,1-2,10-13H2,(H,25,28)(H,26,30). The summed E-state index contributed by atoms with van der Waals surface area (Å²) in [4.78, 5) is 14.7. The van der Waals surface area contributed by atoms with E-state index in [0.29, 0.717) is 36.0 Å². The van der Waals surface area contributed by atoms with E-state index in [2.05, 4.69) is 25.7 Å². The molecule has 0 atom stereocenters. The van der Waals surface area contributed by atoms with E-state index in [1.54, 1.807) is 30.5 Å². The monoisotopic (exact) mass is 421 g/mol. The lowest BCUT2D eigenvalue weighted by atomic mass is 10.2. The fourth-order valence-corrected chi connectivity index (χ4v) is 3.40. The SMILES string of the molecule is O=C(NCCNc1cc(N2CCCC2)cnn1)c1cccc(Oc2ccc(F)cc2)c1. The smallest absolute Gasteiger partial charge is 0.251 e. The lowest BCUT2D eigenvalue weighted by Gasteiger charge is -2.17. The van der Waals surface area contributed by atoms with Gasteiger partial charge in [-0.3, -0.25) is 4.79 Å². The van der Waals surface area contributed by atoms with Crippen molar-refractivity contribution in [3.63, 3.8) is 0 Å². The summed E-state index contributed by atoms with van der Waals surface area (Å²) in [6.45, 7) is 3.05. The van der Waals surface area contributed by atoms with Crippen LogP contribution in [-0.2, 0) is 0 Å². The van der Waals surface area contributed by atoms with E-state index in [1.165, 1.54) is 37.1 Å². The molecule has 1 amide bonds. The zero-order valence-corrected chi connectivity index (χ0v) is 17.1. The molecule has 0 spiro atoms. The Hall–Kier alpha value is -3.68. The maximum Gasteiger partial charge on any atom is 0.251 e. The van der Waals surface area contributed by atoms with Gasteiger partial charge in [0.15, 0.2) is 5.82 Å². The minimum Gasteiger partial charge on any atom is -0.457 e. The van der Waals surface area contributed by atoms with Crippen molar-refractivity contribution in [3.05, 3.63) is 72.2 Å². The second-order valence-corrected chi connectivity index (χ2v) is 7.26. The maximum atomic E-state index is 13.0. The van der Waals surface area contributed by atoms with E-state index in [-0.39, 0.29) is 11.7 Å². The van der Waals surface area contributed by atoms with Gasteiger partial charge in [0.2, 0.25) is 0 Å². The molecule has 0 saturated carbocycles. The van der Waals surface area contributed by atoms with Crippen LogP contribution < -0.4 is 20.3 Å². The van der Waals surface area contributed by atoms with E-state index < -0.39 is 0 Å². The van der Waals surface area contributed by atoms with Gasteiger partial charge in [-0.2, -0.15) is 5.10 Å². The molecule has 31 heavy (non-hydrogen) atoms. The van der Waals surface area contributed by atoms with Crippen LogP contribution in [0.5, 0.6) is 11.5 Å². The third-order valence-corrected chi connectivity index (χ3v) is 4.97. The molecular formula is C23H24FN5O2. The zero-order chi connectivity index (χ0) is 21.5. The summed E-state index contributed by atoms with van der Waals surface area (Å²) >= 11 is 0. The summed E-state index contributed by atoms with van der Waals surface area (Å²) < 4.78 is 18.7. The molecular weight excluding hydrogens is 397 g/mol. The average molecular weight is 421 g/mol. The van der Waals surface area contributed by atoms with E-state index >= 15 is 0 Å². The van der Waals surface area contributed by atoms with E-state index in [4.69, 9.17) is 4.74 Å². The fraction of sp³-hybridized carbons (Fsp3) is 0.261. The first-order valence-corrected chi connectivity index (χ1v) is 10.3. The number of carbonyl (C=O) groups excluding carboxylic acids is 1. The number of nitrogens with one attached hydrogen (secondary N) is 2. The van der Waals surface area contributed by atoms with Gasteiger partial charge in [-0.15, -0.1) is 5.10 Å². The second-order valence-electron chi connectivity index (χ2n) is 7.26. The minimum absolute atomic E-state index is 0.205. The van der Waals surface area contributed by atoms with Gasteiger partial charge < -0.3 is 20.3 Å². The van der Waals surface area contributed by atoms with Gasteiger partial charge in [0.25, 0.3) is 5.91 Å². The molecule has 2 heterocycles. The van der Waals surface area contributed by atoms with Crippen LogP contribution in [0.1, 0.15) is 23.2 Å². The first kappa shape index (κ1) is 20.6. The van der Waals surface area contributed by atoms with Crippen molar-refractivity contribution in [2.75, 3.05) is 36.4 Å². The number of hydrogen-bond donors (Lipinski definition) is 2. The average Bonchev–Trinajstić information content (AvgIpc) is 3.34. The highest BCUT2D eigenvalue weighted by atomic mass is 19.1. The van der Waals surface area contributed by atoms with Crippen molar-refractivity contribution in [1.82, 2.24) is 15.5 Å². The van der Waals surface area contributed by atoms with Crippen LogP contribution in [0.25, 0.3) is 0 Å².